The van der Waals surface area contributed by atoms with Crippen LogP contribution in [0.3, 0.4) is 0 Å². The molecule has 3 N–H and O–H groups in total. The molecule has 0 aliphatic carbocycles. The Morgan fingerprint density at radius 3 is 2.69 bits per heavy atom. The topological polar surface area (TPSA) is 137 Å². The number of carbonyl (C=O) groups is 3. The van der Waals surface area contributed by atoms with E-state index in [1.807, 2.05) is 19.0 Å². The third-order valence-corrected chi connectivity index (χ3v) is 4.41. The van der Waals surface area contributed by atoms with Gasteiger partial charge in [0.25, 0.3) is 5.91 Å². The molecule has 1 fully saturated rings. The predicted octanol–water partition coefficient (Wildman–Crippen LogP) is -0.0555. The Morgan fingerprint density at radius 1 is 1.42 bits per heavy atom. The lowest BCUT2D eigenvalue weighted by Crippen LogP contribution is -2.70. The molecule has 0 aromatic carbocycles. The minimum absolute atomic E-state index is 0.104. The number of rotatable bonds is 7. The number of carboxylic acid groups (broad SMARTS) is 1. The second-order valence-electron chi connectivity index (χ2n) is 6.27. The second-order valence-corrected chi connectivity index (χ2v) is 6.27. The number of carbonyl (C=O) groups excluding carboxylic acids is 2. The molecule has 0 bridgehead atoms. The molecule has 0 saturated carbocycles. The quantitative estimate of drug-likeness (QED) is 0.608. The van der Waals surface area contributed by atoms with Gasteiger partial charge >= 0.3 is 12.2 Å². The van der Waals surface area contributed by atoms with Crippen LogP contribution in [0.5, 0.6) is 0 Å². The van der Waals surface area contributed by atoms with Crippen LogP contribution in [0.1, 0.15) is 22.7 Å². The molecule has 0 radical (unpaired) electrons. The Labute approximate surface area is 150 Å². The number of nitrogens with one attached hydrogen (secondary N) is 2. The van der Waals surface area contributed by atoms with Gasteiger partial charge in [0.15, 0.2) is 18.1 Å². The first-order chi connectivity index (χ1) is 12.3. The molecule has 11 heteroatoms. The molecular formula is C15H23N5O6. The Morgan fingerprint density at radius 2 is 2.12 bits per heavy atom. The van der Waals surface area contributed by atoms with Gasteiger partial charge in [-0.3, -0.25) is 4.79 Å². The van der Waals surface area contributed by atoms with Gasteiger partial charge < -0.3 is 34.8 Å². The lowest BCUT2D eigenvalue weighted by Gasteiger charge is -2.52. The molecule has 3 amide bonds. The van der Waals surface area contributed by atoms with Crippen molar-refractivity contribution >= 4 is 18.1 Å². The number of alkyl carbamates (subject to hydrolysis) is 1. The number of aromatic nitrogens is 1. The number of hydrogen-bond donors (Lipinski definition) is 3. The third-order valence-electron chi connectivity index (χ3n) is 4.41. The van der Waals surface area contributed by atoms with Crippen LogP contribution in [0, 0.1) is 0 Å². The highest BCUT2D eigenvalue weighted by Gasteiger charge is 2.46. The van der Waals surface area contributed by atoms with Gasteiger partial charge in [-0.2, -0.15) is 0 Å². The molecule has 0 spiro atoms. The van der Waals surface area contributed by atoms with Crippen LogP contribution in [-0.4, -0.2) is 84.5 Å². The Bertz CT molecular complexity index is 667. The average molecular weight is 369 g/mol. The summed E-state index contributed by atoms with van der Waals surface area (Å²) < 4.78 is 9.91. The van der Waals surface area contributed by atoms with Crippen LogP contribution in [0.2, 0.25) is 0 Å². The van der Waals surface area contributed by atoms with Gasteiger partial charge in [0.2, 0.25) is 0 Å². The molecular weight excluding hydrogens is 346 g/mol. The zero-order chi connectivity index (χ0) is 19.3. The minimum atomic E-state index is -0.946. The standard InChI is InChI=1S/C15H23N5O6/c1-16-12(21)11-6-10(26-18-11)7-25-13(22)17-5-4-15(19(2)3)8-20(9-15)14(23)24/h6H,4-5,7-9H2,1-3H3,(H,16,21)(H,17,22)(H,23,24). The fourth-order valence-electron chi connectivity index (χ4n) is 2.67. The first-order valence-corrected chi connectivity index (χ1v) is 8.01. The maximum atomic E-state index is 11.8. The van der Waals surface area contributed by atoms with Crippen molar-refractivity contribution in [1.82, 2.24) is 25.6 Å². The van der Waals surface area contributed by atoms with Crippen molar-refractivity contribution in [2.75, 3.05) is 40.8 Å². The first kappa shape index (κ1) is 19.5. The number of likely N-dealkylation sites (N-methyl/N-ethyl adjacent to an activating group) is 1. The van der Waals surface area contributed by atoms with Gasteiger partial charge in [-0.15, -0.1) is 0 Å². The first-order valence-electron chi connectivity index (χ1n) is 8.01. The highest BCUT2D eigenvalue weighted by Crippen LogP contribution is 2.29. The van der Waals surface area contributed by atoms with Gasteiger partial charge in [0.05, 0.1) is 5.54 Å². The van der Waals surface area contributed by atoms with Crippen LogP contribution < -0.4 is 10.6 Å². The Kier molecular flexibility index (Phi) is 6.03. The van der Waals surface area contributed by atoms with E-state index in [9.17, 15) is 14.4 Å². The van der Waals surface area contributed by atoms with Gasteiger partial charge in [-0.05, 0) is 20.5 Å². The fraction of sp³-hybridized carbons (Fsp3) is 0.600. The summed E-state index contributed by atoms with van der Waals surface area (Å²) in [6.45, 7) is 0.977. The number of ether oxygens (including phenoxy) is 1. The largest absolute Gasteiger partial charge is 0.465 e. The van der Waals surface area contributed by atoms with Crippen molar-refractivity contribution in [3.05, 3.63) is 17.5 Å². The molecule has 1 aromatic rings. The maximum Gasteiger partial charge on any atom is 0.407 e. The summed E-state index contributed by atoms with van der Waals surface area (Å²) in [7, 11) is 5.23. The van der Waals surface area contributed by atoms with Crippen LogP contribution >= 0.6 is 0 Å². The van der Waals surface area contributed by atoms with Crippen LogP contribution in [0.4, 0.5) is 9.59 Å². The molecule has 1 aliphatic rings. The van der Waals surface area contributed by atoms with E-state index >= 15 is 0 Å². The van der Waals surface area contributed by atoms with Gasteiger partial charge in [-0.1, -0.05) is 5.16 Å². The molecule has 26 heavy (non-hydrogen) atoms. The maximum absolute atomic E-state index is 11.8. The molecule has 2 heterocycles. The van der Waals surface area contributed by atoms with E-state index in [0.717, 1.165) is 0 Å². The Balaban J connectivity index is 1.72. The third kappa shape index (κ3) is 4.42. The molecule has 1 saturated heterocycles. The van der Waals surface area contributed by atoms with Gasteiger partial charge in [-0.25, -0.2) is 9.59 Å². The zero-order valence-corrected chi connectivity index (χ0v) is 14.9. The monoisotopic (exact) mass is 369 g/mol. The smallest absolute Gasteiger partial charge is 0.407 e. The molecule has 0 unspecified atom stereocenters. The summed E-state index contributed by atoms with van der Waals surface area (Å²) in [6.07, 6.45) is -0.994. The van der Waals surface area contributed by atoms with E-state index in [-0.39, 0.29) is 23.6 Å². The summed E-state index contributed by atoms with van der Waals surface area (Å²) in [5.74, 6) is -0.144. The van der Waals surface area contributed by atoms with Crippen molar-refractivity contribution in [1.29, 1.82) is 0 Å². The normalized spacial score (nSPS) is 15.3. The van der Waals surface area contributed by atoms with E-state index in [1.54, 1.807) is 0 Å². The minimum Gasteiger partial charge on any atom is -0.465 e. The van der Waals surface area contributed by atoms with E-state index in [2.05, 4.69) is 15.8 Å². The summed E-state index contributed by atoms with van der Waals surface area (Å²) in [5.41, 5.74) is -0.189. The molecule has 1 aromatic heterocycles. The number of likely N-dealkylation sites (tertiary alicyclic amines) is 1. The van der Waals surface area contributed by atoms with E-state index < -0.39 is 18.1 Å². The van der Waals surface area contributed by atoms with E-state index in [0.29, 0.717) is 26.1 Å². The fourth-order valence-corrected chi connectivity index (χ4v) is 2.67. The summed E-state index contributed by atoms with van der Waals surface area (Å²) >= 11 is 0. The van der Waals surface area contributed by atoms with Crippen molar-refractivity contribution < 1.29 is 28.8 Å². The number of nitrogens with zero attached hydrogens (tertiary/aromatic N) is 3. The van der Waals surface area contributed by atoms with Crippen LogP contribution in [-0.2, 0) is 11.3 Å². The number of amides is 3. The highest BCUT2D eigenvalue weighted by atomic mass is 16.6. The molecule has 1 aliphatic heterocycles. The van der Waals surface area contributed by atoms with Crippen molar-refractivity contribution in [3.8, 4) is 0 Å². The molecule has 2 rings (SSSR count). The molecule has 144 valence electrons. The lowest BCUT2D eigenvalue weighted by atomic mass is 9.85. The molecule has 11 nitrogen and oxygen atoms in total. The van der Waals surface area contributed by atoms with Crippen molar-refractivity contribution in [2.45, 2.75) is 18.6 Å². The van der Waals surface area contributed by atoms with Crippen molar-refractivity contribution in [3.63, 3.8) is 0 Å². The summed E-state index contributed by atoms with van der Waals surface area (Å²) in [5, 5.41) is 17.6. The average Bonchev–Trinajstić information content (AvgIpc) is 3.02. The van der Waals surface area contributed by atoms with Gasteiger partial charge in [0.1, 0.15) is 0 Å². The summed E-state index contributed by atoms with van der Waals surface area (Å²) in [4.78, 5) is 37.3. The van der Waals surface area contributed by atoms with E-state index in [4.69, 9.17) is 14.4 Å². The zero-order valence-electron chi connectivity index (χ0n) is 14.9. The summed E-state index contributed by atoms with van der Waals surface area (Å²) in [6, 6.07) is 1.39. The Hall–Kier alpha value is -2.82. The van der Waals surface area contributed by atoms with Crippen molar-refractivity contribution in [2.24, 2.45) is 0 Å². The SMILES string of the molecule is CNC(=O)c1cc(COC(=O)NCCC2(N(C)C)CN(C(=O)O)C2)on1. The predicted molar refractivity (Wildman–Crippen MR) is 88.7 cm³/mol. The molecule has 0 atom stereocenters. The van der Waals surface area contributed by atoms with Crippen LogP contribution in [0.15, 0.2) is 10.6 Å². The van der Waals surface area contributed by atoms with Crippen LogP contribution in [0.25, 0.3) is 0 Å². The lowest BCUT2D eigenvalue weighted by molar-refractivity contribution is -0.0229. The highest BCUT2D eigenvalue weighted by molar-refractivity contribution is 5.91. The van der Waals surface area contributed by atoms with Gasteiger partial charge in [0, 0.05) is 32.7 Å². The van der Waals surface area contributed by atoms with E-state index in [1.165, 1.54) is 18.0 Å². The number of hydrogen-bond acceptors (Lipinski definition) is 7. The second kappa shape index (κ2) is 8.04.